The van der Waals surface area contributed by atoms with Gasteiger partial charge < -0.3 is 10.4 Å². The van der Waals surface area contributed by atoms with Crippen molar-refractivity contribution >= 4 is 63.0 Å². The maximum atomic E-state index is 11.7. The van der Waals surface area contributed by atoms with Crippen LogP contribution in [0.5, 0.6) is 0 Å². The zero-order valence-corrected chi connectivity index (χ0v) is 13.4. The van der Waals surface area contributed by atoms with E-state index in [1.54, 1.807) is 29.6 Å². The van der Waals surface area contributed by atoms with Crippen LogP contribution in [-0.4, -0.2) is 20.8 Å². The second-order valence-electron chi connectivity index (χ2n) is 3.98. The summed E-state index contributed by atoms with van der Waals surface area (Å²) in [6.07, 6.45) is 0. The maximum absolute atomic E-state index is 11.7. The lowest BCUT2D eigenvalue weighted by molar-refractivity contribution is -0.115. The van der Waals surface area contributed by atoms with Crippen molar-refractivity contribution in [3.63, 3.8) is 0 Å². The van der Waals surface area contributed by atoms with Gasteiger partial charge in [-0.3, -0.25) is 4.79 Å². The zero-order valence-electron chi connectivity index (χ0n) is 10.3. The smallest absolute Gasteiger partial charge is 0.339 e. The van der Waals surface area contributed by atoms with Crippen LogP contribution in [0.25, 0.3) is 11.1 Å². The number of benzene rings is 1. The Bertz CT molecular complexity index is 680. The van der Waals surface area contributed by atoms with E-state index >= 15 is 0 Å². The fourth-order valence-corrected chi connectivity index (χ4v) is 2.76. The summed E-state index contributed by atoms with van der Waals surface area (Å²) >= 11 is 17.5. The molecule has 110 valence electrons. The SMILES string of the molecule is O=C(O)c1c(-c2ccccc2)csc1NC(=O)C(Cl)(Cl)Cl. The summed E-state index contributed by atoms with van der Waals surface area (Å²) in [7, 11) is 0. The third kappa shape index (κ3) is 3.68. The molecule has 0 saturated heterocycles. The number of hydrogen-bond acceptors (Lipinski definition) is 3. The van der Waals surface area contributed by atoms with Gasteiger partial charge >= 0.3 is 5.97 Å². The van der Waals surface area contributed by atoms with Crippen LogP contribution in [0.3, 0.4) is 0 Å². The monoisotopic (exact) mass is 363 g/mol. The molecule has 1 aromatic heterocycles. The van der Waals surface area contributed by atoms with E-state index in [0.717, 1.165) is 16.9 Å². The molecule has 2 rings (SSSR count). The van der Waals surface area contributed by atoms with E-state index < -0.39 is 15.7 Å². The minimum Gasteiger partial charge on any atom is -0.478 e. The van der Waals surface area contributed by atoms with Crippen molar-refractivity contribution < 1.29 is 14.7 Å². The van der Waals surface area contributed by atoms with Gasteiger partial charge in [-0.25, -0.2) is 4.79 Å². The summed E-state index contributed by atoms with van der Waals surface area (Å²) in [6, 6.07) is 8.95. The van der Waals surface area contributed by atoms with Crippen molar-refractivity contribution in [1.29, 1.82) is 0 Å². The molecule has 21 heavy (non-hydrogen) atoms. The molecule has 1 aromatic carbocycles. The third-order valence-corrected chi connectivity index (χ3v) is 3.98. The van der Waals surface area contributed by atoms with E-state index in [-0.39, 0.29) is 10.6 Å². The van der Waals surface area contributed by atoms with Crippen LogP contribution in [0.15, 0.2) is 35.7 Å². The van der Waals surface area contributed by atoms with Crippen molar-refractivity contribution in [2.24, 2.45) is 0 Å². The fourth-order valence-electron chi connectivity index (χ4n) is 1.67. The lowest BCUT2D eigenvalue weighted by atomic mass is 10.0. The molecule has 8 heteroatoms. The van der Waals surface area contributed by atoms with Crippen LogP contribution in [-0.2, 0) is 4.79 Å². The second kappa shape index (κ2) is 6.23. The summed E-state index contributed by atoms with van der Waals surface area (Å²) in [6.45, 7) is 0. The predicted molar refractivity (Wildman–Crippen MR) is 85.6 cm³/mol. The molecule has 0 radical (unpaired) electrons. The van der Waals surface area contributed by atoms with Crippen LogP contribution < -0.4 is 5.32 Å². The number of nitrogens with one attached hydrogen (secondary N) is 1. The largest absolute Gasteiger partial charge is 0.478 e. The van der Waals surface area contributed by atoms with E-state index in [9.17, 15) is 14.7 Å². The summed E-state index contributed by atoms with van der Waals surface area (Å²) in [5.74, 6) is -2.08. The molecule has 4 nitrogen and oxygen atoms in total. The average molecular weight is 365 g/mol. The van der Waals surface area contributed by atoms with E-state index in [0.29, 0.717) is 5.56 Å². The number of rotatable bonds is 3. The molecule has 0 saturated carbocycles. The first-order valence-corrected chi connectivity index (χ1v) is 7.60. The lowest BCUT2D eigenvalue weighted by Gasteiger charge is -2.11. The van der Waals surface area contributed by atoms with Crippen LogP contribution in [0.2, 0.25) is 0 Å². The molecular formula is C13H8Cl3NO3S. The minimum atomic E-state index is -2.16. The Morgan fingerprint density at radius 1 is 1.14 bits per heavy atom. The first kappa shape index (κ1) is 16.1. The van der Waals surface area contributed by atoms with Crippen LogP contribution in [0.1, 0.15) is 10.4 Å². The molecule has 2 N–H and O–H groups in total. The Morgan fingerprint density at radius 2 is 1.76 bits per heavy atom. The number of hydrogen-bond donors (Lipinski definition) is 2. The van der Waals surface area contributed by atoms with Crippen LogP contribution in [0.4, 0.5) is 5.00 Å². The van der Waals surface area contributed by atoms with Gasteiger partial charge in [-0.2, -0.15) is 0 Å². The van der Waals surface area contributed by atoms with Gasteiger partial charge in [-0.1, -0.05) is 65.1 Å². The first-order chi connectivity index (χ1) is 9.80. The third-order valence-electron chi connectivity index (χ3n) is 2.57. The average Bonchev–Trinajstić information content (AvgIpc) is 2.82. The Hall–Kier alpha value is -1.27. The van der Waals surface area contributed by atoms with Gasteiger partial charge in [0.15, 0.2) is 0 Å². The van der Waals surface area contributed by atoms with Gasteiger partial charge in [0.25, 0.3) is 9.70 Å². The summed E-state index contributed by atoms with van der Waals surface area (Å²) in [5, 5.41) is 13.4. The maximum Gasteiger partial charge on any atom is 0.339 e. The fraction of sp³-hybridized carbons (Fsp3) is 0.0769. The van der Waals surface area contributed by atoms with E-state index in [1.165, 1.54) is 0 Å². The second-order valence-corrected chi connectivity index (χ2v) is 7.14. The molecule has 0 aliphatic heterocycles. The highest BCUT2D eigenvalue weighted by Crippen LogP contribution is 2.37. The van der Waals surface area contributed by atoms with E-state index in [1.807, 2.05) is 6.07 Å². The minimum absolute atomic E-state index is 0.0335. The number of thiophene rings is 1. The molecule has 1 heterocycles. The number of anilines is 1. The molecule has 0 aliphatic rings. The molecule has 1 amide bonds. The van der Waals surface area contributed by atoms with Gasteiger partial charge in [-0.15, -0.1) is 11.3 Å². The zero-order chi connectivity index (χ0) is 15.6. The van der Waals surface area contributed by atoms with Gasteiger partial charge in [0.1, 0.15) is 10.6 Å². The Morgan fingerprint density at radius 3 is 2.29 bits per heavy atom. The number of carbonyl (C=O) groups is 2. The van der Waals surface area contributed by atoms with E-state index in [4.69, 9.17) is 34.8 Å². The number of carboxylic acids is 1. The molecule has 0 aliphatic carbocycles. The van der Waals surface area contributed by atoms with Crippen molar-refractivity contribution in [2.75, 3.05) is 5.32 Å². The lowest BCUT2D eigenvalue weighted by Crippen LogP contribution is -2.27. The number of amides is 1. The molecule has 0 fully saturated rings. The van der Waals surface area contributed by atoms with Gasteiger partial charge in [0, 0.05) is 10.9 Å². The highest BCUT2D eigenvalue weighted by atomic mass is 35.6. The quantitative estimate of drug-likeness (QED) is 0.792. The van der Waals surface area contributed by atoms with E-state index in [2.05, 4.69) is 5.32 Å². The first-order valence-electron chi connectivity index (χ1n) is 5.59. The molecule has 2 aromatic rings. The Kier molecular flexibility index (Phi) is 4.78. The highest BCUT2D eigenvalue weighted by Gasteiger charge is 2.32. The molecule has 0 unspecified atom stereocenters. The summed E-state index contributed by atoms with van der Waals surface area (Å²) < 4.78 is -2.16. The predicted octanol–water partition coefficient (Wildman–Crippen LogP) is 4.42. The number of halogens is 3. The van der Waals surface area contributed by atoms with Gasteiger partial charge in [-0.05, 0) is 5.56 Å². The topological polar surface area (TPSA) is 66.4 Å². The molecule has 0 atom stereocenters. The van der Waals surface area contributed by atoms with Gasteiger partial charge in [0.05, 0.1) is 0 Å². The summed E-state index contributed by atoms with van der Waals surface area (Å²) in [4.78, 5) is 23.1. The Labute approximate surface area is 139 Å². The van der Waals surface area contributed by atoms with Crippen molar-refractivity contribution in [1.82, 2.24) is 0 Å². The van der Waals surface area contributed by atoms with Crippen molar-refractivity contribution in [2.45, 2.75) is 3.79 Å². The normalized spacial score (nSPS) is 11.2. The van der Waals surface area contributed by atoms with Gasteiger partial charge in [0.2, 0.25) is 0 Å². The van der Waals surface area contributed by atoms with Crippen molar-refractivity contribution in [3.05, 3.63) is 41.3 Å². The Balaban J connectivity index is 2.44. The van der Waals surface area contributed by atoms with Crippen LogP contribution >= 0.6 is 46.1 Å². The molecule has 0 spiro atoms. The number of alkyl halides is 3. The molecular weight excluding hydrogens is 357 g/mol. The van der Waals surface area contributed by atoms with Crippen molar-refractivity contribution in [3.8, 4) is 11.1 Å². The number of aromatic carboxylic acids is 1. The highest BCUT2D eigenvalue weighted by molar-refractivity contribution is 7.15. The molecule has 0 bridgehead atoms. The summed E-state index contributed by atoms with van der Waals surface area (Å²) in [5.41, 5.74) is 1.18. The van der Waals surface area contributed by atoms with Crippen LogP contribution in [0, 0.1) is 0 Å². The standard InChI is InChI=1S/C13H8Cl3NO3S/c14-13(15,16)12(20)17-10-9(11(18)19)8(6-21-10)7-4-2-1-3-5-7/h1-6H,(H,17,20)(H,18,19). The number of carboxylic acid groups (broad SMARTS) is 1. The number of carbonyl (C=O) groups excluding carboxylic acids is 1.